The van der Waals surface area contributed by atoms with E-state index in [0.717, 1.165) is 75.3 Å². The molecule has 0 bridgehead atoms. The van der Waals surface area contributed by atoms with E-state index in [9.17, 15) is 20.1 Å². The minimum atomic E-state index is -0.517. The Bertz CT molecular complexity index is 1200. The number of fused-ring (bicyclic) bond motifs is 7. The van der Waals surface area contributed by atoms with Crippen molar-refractivity contribution in [2.45, 2.75) is 105 Å². The number of benzene rings is 1. The molecule has 0 aromatic heterocycles. The maximum Gasteiger partial charge on any atom is 0.312 e. The van der Waals surface area contributed by atoms with Gasteiger partial charge in [-0.1, -0.05) is 64.6 Å². The summed E-state index contributed by atoms with van der Waals surface area (Å²) in [7, 11) is 0. The molecule has 0 amide bonds. The predicted molar refractivity (Wildman–Crippen MR) is 164 cm³/mol. The topological polar surface area (TPSA) is 87.0 Å². The van der Waals surface area contributed by atoms with Crippen molar-refractivity contribution in [1.82, 2.24) is 0 Å². The van der Waals surface area contributed by atoms with Gasteiger partial charge in [-0.25, -0.2) is 0 Å². The van der Waals surface area contributed by atoms with Crippen molar-refractivity contribution in [3.8, 4) is 0 Å². The van der Waals surface area contributed by atoms with Crippen LogP contribution in [0.15, 0.2) is 42.5 Å². The van der Waals surface area contributed by atoms with Crippen molar-refractivity contribution >= 4 is 5.97 Å². The number of aliphatic hydroxyl groups is 3. The van der Waals surface area contributed by atoms with Gasteiger partial charge in [0, 0.05) is 5.41 Å². The first kappa shape index (κ1) is 30.3. The van der Waals surface area contributed by atoms with Crippen LogP contribution in [0.5, 0.6) is 0 Å². The second-order valence-corrected chi connectivity index (χ2v) is 16.1. The zero-order valence-corrected chi connectivity index (χ0v) is 26.4. The number of carbonyl (C=O) groups is 1. The quantitative estimate of drug-likeness (QED) is 0.259. The van der Waals surface area contributed by atoms with Gasteiger partial charge in [-0.3, -0.25) is 4.79 Å². The zero-order chi connectivity index (χ0) is 30.1. The molecular weight excluding hydrogens is 524 g/mol. The lowest BCUT2D eigenvalue weighted by Gasteiger charge is -2.72. The van der Waals surface area contributed by atoms with Crippen LogP contribution in [0.2, 0.25) is 0 Å². The molecule has 0 spiro atoms. The maximum absolute atomic E-state index is 14.2. The fourth-order valence-electron chi connectivity index (χ4n) is 12.4. The Balaban J connectivity index is 1.35. The van der Waals surface area contributed by atoms with Crippen LogP contribution in [-0.4, -0.2) is 40.6 Å². The molecule has 3 N–H and O–H groups in total. The molecule has 0 radical (unpaired) electrons. The molecule has 5 saturated carbocycles. The van der Waals surface area contributed by atoms with E-state index in [1.165, 1.54) is 0 Å². The van der Waals surface area contributed by atoms with Gasteiger partial charge in [0.2, 0.25) is 0 Å². The average molecular weight is 579 g/mol. The summed E-state index contributed by atoms with van der Waals surface area (Å²) < 4.78 is 6.13. The Morgan fingerprint density at radius 2 is 1.62 bits per heavy atom. The number of carbonyl (C=O) groups excluding carboxylic acids is 1. The second-order valence-electron chi connectivity index (χ2n) is 16.1. The lowest BCUT2D eigenvalue weighted by Crippen LogP contribution is -2.67. The van der Waals surface area contributed by atoms with E-state index >= 15 is 0 Å². The Hall–Kier alpha value is -1.69. The van der Waals surface area contributed by atoms with Gasteiger partial charge in [-0.2, -0.15) is 0 Å². The highest BCUT2D eigenvalue weighted by molar-refractivity contribution is 5.78. The molecule has 3 unspecified atom stereocenters. The minimum absolute atomic E-state index is 0.0263. The molecule has 5 aliphatic carbocycles. The van der Waals surface area contributed by atoms with Gasteiger partial charge in [0.1, 0.15) is 6.61 Å². The van der Waals surface area contributed by atoms with E-state index in [2.05, 4.69) is 34.3 Å². The molecule has 0 aliphatic heterocycles. The summed E-state index contributed by atoms with van der Waals surface area (Å²) in [4.78, 5) is 14.2. The van der Waals surface area contributed by atoms with Crippen LogP contribution in [-0.2, 0) is 16.1 Å². The third-order valence-electron chi connectivity index (χ3n) is 14.9. The monoisotopic (exact) mass is 578 g/mol. The summed E-state index contributed by atoms with van der Waals surface area (Å²) in [6, 6.07) is 9.97. The van der Waals surface area contributed by atoms with E-state index < -0.39 is 16.9 Å². The van der Waals surface area contributed by atoms with E-state index in [1.54, 1.807) is 0 Å². The molecule has 1 aromatic carbocycles. The summed E-state index contributed by atoms with van der Waals surface area (Å²) in [6.45, 7) is 14.3. The lowest BCUT2D eigenvalue weighted by atomic mass is 9.32. The molecule has 0 heterocycles. The molecule has 11 atom stereocenters. The number of ether oxygens (including phenoxy) is 1. The average Bonchev–Trinajstić information content (AvgIpc) is 3.39. The number of hydrogen-bond donors (Lipinski definition) is 3. The van der Waals surface area contributed by atoms with Gasteiger partial charge in [-0.05, 0) is 121 Å². The maximum atomic E-state index is 14.2. The van der Waals surface area contributed by atoms with Gasteiger partial charge >= 0.3 is 5.97 Å². The fraction of sp³-hybridized carbons (Fsp3) is 0.757. The smallest absolute Gasteiger partial charge is 0.312 e. The molecule has 6 rings (SSSR count). The van der Waals surface area contributed by atoms with Gasteiger partial charge in [0.05, 0.1) is 24.7 Å². The molecule has 42 heavy (non-hydrogen) atoms. The Kier molecular flexibility index (Phi) is 7.55. The Morgan fingerprint density at radius 3 is 2.31 bits per heavy atom. The van der Waals surface area contributed by atoms with Gasteiger partial charge in [0.15, 0.2) is 0 Å². The predicted octanol–water partition coefficient (Wildman–Crippen LogP) is 6.69. The molecule has 232 valence electrons. The Labute approximate surface area is 253 Å². The van der Waals surface area contributed by atoms with Crippen LogP contribution in [0.3, 0.4) is 0 Å². The van der Waals surface area contributed by atoms with Crippen LogP contribution >= 0.6 is 0 Å². The van der Waals surface area contributed by atoms with E-state index in [1.807, 2.05) is 30.3 Å². The van der Waals surface area contributed by atoms with E-state index in [0.29, 0.717) is 24.4 Å². The largest absolute Gasteiger partial charge is 0.460 e. The van der Waals surface area contributed by atoms with E-state index in [4.69, 9.17) is 4.74 Å². The summed E-state index contributed by atoms with van der Waals surface area (Å²) >= 11 is 0. The van der Waals surface area contributed by atoms with Crippen molar-refractivity contribution in [2.24, 2.45) is 56.7 Å². The van der Waals surface area contributed by atoms with Crippen molar-refractivity contribution in [3.63, 3.8) is 0 Å². The van der Waals surface area contributed by atoms with Crippen molar-refractivity contribution in [3.05, 3.63) is 48.0 Å². The van der Waals surface area contributed by atoms with Crippen molar-refractivity contribution in [2.75, 3.05) is 13.2 Å². The summed E-state index contributed by atoms with van der Waals surface area (Å²) in [5, 5.41) is 31.9. The number of rotatable bonds is 6. The molecule has 0 saturated heterocycles. The molecule has 5 fully saturated rings. The molecule has 5 nitrogen and oxygen atoms in total. The number of esters is 1. The number of hydrogen-bond acceptors (Lipinski definition) is 5. The first-order valence-corrected chi connectivity index (χ1v) is 16.7. The third kappa shape index (κ3) is 4.01. The van der Waals surface area contributed by atoms with Crippen LogP contribution in [0.25, 0.3) is 0 Å². The Morgan fingerprint density at radius 1 is 0.881 bits per heavy atom. The SMILES string of the molecule is C=C(CO)[C@@H]1CC[C@]2(C(=O)OCc3ccccc3)CC[C@]3(C)C(CCC4[C@@]5(C)CC[C@H](O)[C@@](C)(CO)[C@@H]5CC[C@]43C)C12. The van der Waals surface area contributed by atoms with Crippen LogP contribution in [0.4, 0.5) is 0 Å². The summed E-state index contributed by atoms with van der Waals surface area (Å²) in [5.74, 6) is 1.42. The molecule has 5 aliphatic rings. The third-order valence-corrected chi connectivity index (χ3v) is 14.9. The minimum Gasteiger partial charge on any atom is -0.460 e. The highest BCUT2D eigenvalue weighted by Crippen LogP contribution is 2.77. The standard InChI is InChI=1S/C37H54O5/c1-24(21-38)26-13-18-37(32(41)42-22-25-9-7-6-8-10-25)20-19-35(4)27(31(26)37)11-12-29-33(2)16-15-30(40)34(3,23-39)28(33)14-17-36(29,35)5/h6-10,26-31,38-40H,1,11-23H2,2-5H3/t26-,27?,28+,29?,30-,31?,33-,34-,35+,36+,37-/m0/s1. The van der Waals surface area contributed by atoms with Crippen LogP contribution < -0.4 is 0 Å². The zero-order valence-electron chi connectivity index (χ0n) is 26.4. The second kappa shape index (κ2) is 10.4. The first-order chi connectivity index (χ1) is 19.9. The molecular formula is C37H54O5. The normalized spacial score (nSPS) is 47.9. The molecule has 5 heteroatoms. The van der Waals surface area contributed by atoms with Crippen molar-refractivity contribution < 1.29 is 24.9 Å². The van der Waals surface area contributed by atoms with Crippen LogP contribution in [0.1, 0.15) is 97.5 Å². The van der Waals surface area contributed by atoms with Gasteiger partial charge in [-0.15, -0.1) is 0 Å². The number of aliphatic hydroxyl groups excluding tert-OH is 3. The van der Waals surface area contributed by atoms with E-state index in [-0.39, 0.29) is 47.3 Å². The van der Waals surface area contributed by atoms with Crippen LogP contribution in [0, 0.1) is 56.7 Å². The highest BCUT2D eigenvalue weighted by atomic mass is 16.5. The highest BCUT2D eigenvalue weighted by Gasteiger charge is 2.72. The van der Waals surface area contributed by atoms with Crippen molar-refractivity contribution in [1.29, 1.82) is 0 Å². The van der Waals surface area contributed by atoms with Gasteiger partial charge < -0.3 is 20.1 Å². The summed E-state index contributed by atoms with van der Waals surface area (Å²) in [6.07, 6.45) is 9.20. The fourth-order valence-corrected chi connectivity index (χ4v) is 12.4. The van der Waals surface area contributed by atoms with Gasteiger partial charge in [0.25, 0.3) is 0 Å². The first-order valence-electron chi connectivity index (χ1n) is 16.7. The lowest BCUT2D eigenvalue weighted by molar-refractivity contribution is -0.254. The molecule has 1 aromatic rings. The summed E-state index contributed by atoms with van der Waals surface area (Å²) in [5.41, 5.74) is 1.16.